The Kier molecular flexibility index (Phi) is 5.39. The summed E-state index contributed by atoms with van der Waals surface area (Å²) in [6.07, 6.45) is 0. The molecule has 2 rings (SSSR count). The molecule has 1 atom stereocenters. The Labute approximate surface area is 143 Å². The van der Waals surface area contributed by atoms with E-state index in [9.17, 15) is 4.79 Å². The zero-order chi connectivity index (χ0) is 15.5. The van der Waals surface area contributed by atoms with Gasteiger partial charge in [0.15, 0.2) is 0 Å². The van der Waals surface area contributed by atoms with Gasteiger partial charge in [-0.1, -0.05) is 76.7 Å². The van der Waals surface area contributed by atoms with Gasteiger partial charge in [-0.15, -0.1) is 0 Å². The van der Waals surface area contributed by atoms with Gasteiger partial charge in [0.05, 0.1) is 0 Å². The highest BCUT2D eigenvalue weighted by atomic mass is 35.6. The standard InChI is InChI=1S/C15H11Cl4NO/c16-12-8-6-10(7-9-12)13(15(17,18)19)20-14(21)11-4-2-1-3-5-11/h1-9,13H,(H,20,21)/t13-/m0/s1. The molecule has 0 heterocycles. The lowest BCUT2D eigenvalue weighted by molar-refractivity contribution is 0.0937. The molecular weight excluding hydrogens is 352 g/mol. The number of alkyl halides is 3. The van der Waals surface area contributed by atoms with Crippen LogP contribution in [0.3, 0.4) is 0 Å². The van der Waals surface area contributed by atoms with Gasteiger partial charge in [-0.25, -0.2) is 0 Å². The second kappa shape index (κ2) is 6.89. The highest BCUT2D eigenvalue weighted by Crippen LogP contribution is 2.40. The van der Waals surface area contributed by atoms with E-state index in [4.69, 9.17) is 46.4 Å². The van der Waals surface area contributed by atoms with E-state index in [0.717, 1.165) is 0 Å². The average Bonchev–Trinajstić information content (AvgIpc) is 2.45. The number of hydrogen-bond acceptors (Lipinski definition) is 1. The van der Waals surface area contributed by atoms with Crippen LogP contribution in [0, 0.1) is 0 Å². The first-order valence-electron chi connectivity index (χ1n) is 6.06. The van der Waals surface area contributed by atoms with E-state index in [2.05, 4.69) is 5.32 Å². The third kappa shape index (κ3) is 4.52. The molecule has 0 saturated heterocycles. The van der Waals surface area contributed by atoms with E-state index in [1.54, 1.807) is 48.5 Å². The predicted octanol–water partition coefficient (Wildman–Crippen LogP) is 5.18. The van der Waals surface area contributed by atoms with Crippen molar-refractivity contribution in [1.29, 1.82) is 0 Å². The fourth-order valence-corrected chi connectivity index (χ4v) is 2.48. The minimum atomic E-state index is -1.68. The number of halogens is 4. The number of rotatable bonds is 3. The van der Waals surface area contributed by atoms with Crippen LogP contribution in [0.15, 0.2) is 54.6 Å². The van der Waals surface area contributed by atoms with E-state index in [1.165, 1.54) is 0 Å². The SMILES string of the molecule is O=C(N[C@@H](c1ccc(Cl)cc1)C(Cl)(Cl)Cl)c1ccccc1. The van der Waals surface area contributed by atoms with Gasteiger partial charge in [0.2, 0.25) is 3.79 Å². The first-order valence-corrected chi connectivity index (χ1v) is 7.57. The van der Waals surface area contributed by atoms with Gasteiger partial charge < -0.3 is 5.32 Å². The molecule has 1 amide bonds. The van der Waals surface area contributed by atoms with Gasteiger partial charge in [-0.3, -0.25) is 4.79 Å². The highest BCUT2D eigenvalue weighted by Gasteiger charge is 2.35. The Bertz CT molecular complexity index is 608. The Hall–Kier alpha value is -0.930. The maximum atomic E-state index is 12.2. The molecule has 0 bridgehead atoms. The molecule has 2 aromatic carbocycles. The molecule has 110 valence electrons. The molecule has 0 unspecified atom stereocenters. The summed E-state index contributed by atoms with van der Waals surface area (Å²) < 4.78 is -1.68. The third-order valence-electron chi connectivity index (χ3n) is 2.84. The Morgan fingerprint density at radius 1 is 0.952 bits per heavy atom. The molecule has 0 aromatic heterocycles. The van der Waals surface area contributed by atoms with Crippen LogP contribution in [0.4, 0.5) is 0 Å². The van der Waals surface area contributed by atoms with E-state index in [-0.39, 0.29) is 5.91 Å². The highest BCUT2D eigenvalue weighted by molar-refractivity contribution is 6.68. The smallest absolute Gasteiger partial charge is 0.251 e. The van der Waals surface area contributed by atoms with Crippen molar-refractivity contribution >= 4 is 52.3 Å². The third-order valence-corrected chi connectivity index (χ3v) is 3.75. The fraction of sp³-hybridized carbons (Fsp3) is 0.133. The van der Waals surface area contributed by atoms with Gasteiger partial charge >= 0.3 is 0 Å². The van der Waals surface area contributed by atoms with Gasteiger partial charge in [0, 0.05) is 10.6 Å². The zero-order valence-corrected chi connectivity index (χ0v) is 13.7. The van der Waals surface area contributed by atoms with Gasteiger partial charge in [0.1, 0.15) is 6.04 Å². The van der Waals surface area contributed by atoms with Crippen molar-refractivity contribution < 1.29 is 4.79 Å². The number of benzene rings is 2. The molecule has 0 radical (unpaired) electrons. The van der Waals surface area contributed by atoms with E-state index in [1.807, 2.05) is 6.07 Å². The summed E-state index contributed by atoms with van der Waals surface area (Å²) in [6, 6.07) is 14.7. The van der Waals surface area contributed by atoms with Crippen LogP contribution in [0.2, 0.25) is 5.02 Å². The molecule has 21 heavy (non-hydrogen) atoms. The van der Waals surface area contributed by atoms with Crippen molar-refractivity contribution in [3.63, 3.8) is 0 Å². The topological polar surface area (TPSA) is 29.1 Å². The van der Waals surface area contributed by atoms with Gasteiger partial charge in [-0.2, -0.15) is 0 Å². The summed E-state index contributed by atoms with van der Waals surface area (Å²) in [4.78, 5) is 12.2. The number of carbonyl (C=O) groups excluding carboxylic acids is 1. The van der Waals surface area contributed by atoms with Crippen molar-refractivity contribution in [2.75, 3.05) is 0 Å². The van der Waals surface area contributed by atoms with Crippen molar-refractivity contribution in [2.45, 2.75) is 9.83 Å². The molecule has 0 aliphatic heterocycles. The average molecular weight is 363 g/mol. The fourth-order valence-electron chi connectivity index (χ4n) is 1.81. The second-order valence-corrected chi connectivity index (χ2v) is 7.17. The second-order valence-electron chi connectivity index (χ2n) is 4.37. The molecule has 6 heteroatoms. The van der Waals surface area contributed by atoms with E-state index in [0.29, 0.717) is 16.1 Å². The molecule has 0 aliphatic rings. The maximum Gasteiger partial charge on any atom is 0.251 e. The minimum Gasteiger partial charge on any atom is -0.341 e. The Balaban J connectivity index is 2.26. The molecule has 0 spiro atoms. The summed E-state index contributed by atoms with van der Waals surface area (Å²) in [7, 11) is 0. The van der Waals surface area contributed by atoms with Crippen LogP contribution in [0.1, 0.15) is 22.0 Å². The van der Waals surface area contributed by atoms with Crippen LogP contribution in [-0.2, 0) is 0 Å². The lowest BCUT2D eigenvalue weighted by atomic mass is 10.1. The number of carbonyl (C=O) groups is 1. The molecule has 0 aliphatic carbocycles. The normalized spacial score (nSPS) is 12.8. The van der Waals surface area contributed by atoms with Crippen molar-refractivity contribution in [3.05, 3.63) is 70.7 Å². The van der Waals surface area contributed by atoms with Crippen LogP contribution in [0.5, 0.6) is 0 Å². The molecule has 0 fully saturated rings. The number of amides is 1. The first-order chi connectivity index (χ1) is 9.88. The lowest BCUT2D eigenvalue weighted by Gasteiger charge is -2.26. The summed E-state index contributed by atoms with van der Waals surface area (Å²) in [5.74, 6) is -0.318. The molecular formula is C15H11Cl4NO. The predicted molar refractivity (Wildman–Crippen MR) is 88.4 cm³/mol. The molecule has 1 N–H and O–H groups in total. The van der Waals surface area contributed by atoms with Crippen LogP contribution >= 0.6 is 46.4 Å². The molecule has 0 saturated carbocycles. The zero-order valence-electron chi connectivity index (χ0n) is 10.7. The lowest BCUT2D eigenvalue weighted by Crippen LogP contribution is -2.36. The van der Waals surface area contributed by atoms with Crippen molar-refractivity contribution in [2.24, 2.45) is 0 Å². The summed E-state index contributed by atoms with van der Waals surface area (Å²) in [6.45, 7) is 0. The van der Waals surface area contributed by atoms with Crippen molar-refractivity contribution in [1.82, 2.24) is 5.32 Å². The quantitative estimate of drug-likeness (QED) is 0.748. The van der Waals surface area contributed by atoms with Crippen LogP contribution in [0.25, 0.3) is 0 Å². The van der Waals surface area contributed by atoms with Gasteiger partial charge in [0.25, 0.3) is 5.91 Å². The van der Waals surface area contributed by atoms with Crippen LogP contribution in [-0.4, -0.2) is 9.70 Å². The van der Waals surface area contributed by atoms with Gasteiger partial charge in [-0.05, 0) is 29.8 Å². The first kappa shape index (κ1) is 16.4. The summed E-state index contributed by atoms with van der Waals surface area (Å²) >= 11 is 23.8. The van der Waals surface area contributed by atoms with Crippen molar-refractivity contribution in [3.8, 4) is 0 Å². The largest absolute Gasteiger partial charge is 0.341 e. The number of hydrogen-bond donors (Lipinski definition) is 1. The molecule has 2 nitrogen and oxygen atoms in total. The van der Waals surface area contributed by atoms with Crippen LogP contribution < -0.4 is 5.32 Å². The maximum absolute atomic E-state index is 12.2. The van der Waals surface area contributed by atoms with E-state index >= 15 is 0 Å². The summed E-state index contributed by atoms with van der Waals surface area (Å²) in [5, 5.41) is 3.30. The minimum absolute atomic E-state index is 0.318. The Morgan fingerprint density at radius 2 is 1.52 bits per heavy atom. The number of nitrogens with one attached hydrogen (secondary N) is 1. The Morgan fingerprint density at radius 3 is 2.05 bits per heavy atom. The summed E-state index contributed by atoms with van der Waals surface area (Å²) in [5.41, 5.74) is 1.15. The molecule has 2 aromatic rings. The monoisotopic (exact) mass is 361 g/mol. The van der Waals surface area contributed by atoms with E-state index < -0.39 is 9.83 Å².